The third kappa shape index (κ3) is 1.78. The number of hydrogen-bond acceptors (Lipinski definition) is 3. The Kier molecular flexibility index (Phi) is 2.99. The summed E-state index contributed by atoms with van der Waals surface area (Å²) in [6, 6.07) is -0.163. The number of aliphatic hydroxyl groups excluding tert-OH is 1. The molecule has 1 N–H and O–H groups in total. The lowest BCUT2D eigenvalue weighted by atomic mass is 10.0. The fourth-order valence-corrected chi connectivity index (χ4v) is 3.08. The van der Waals surface area contributed by atoms with Crippen molar-refractivity contribution in [3.63, 3.8) is 0 Å². The van der Waals surface area contributed by atoms with Gasteiger partial charge in [0, 0.05) is 12.5 Å². The highest BCUT2D eigenvalue weighted by Crippen LogP contribution is 2.68. The number of rotatable bonds is 2. The van der Waals surface area contributed by atoms with Crippen molar-refractivity contribution >= 4 is 5.91 Å². The molecule has 4 nitrogen and oxygen atoms in total. The van der Waals surface area contributed by atoms with Gasteiger partial charge in [-0.2, -0.15) is 0 Å². The number of hydrogen-bond donors (Lipinski definition) is 1. The Balaban J connectivity index is 2.10. The van der Waals surface area contributed by atoms with Gasteiger partial charge in [0.05, 0.1) is 25.9 Å². The van der Waals surface area contributed by atoms with E-state index in [2.05, 4.69) is 27.7 Å². The highest BCUT2D eigenvalue weighted by molar-refractivity contribution is 5.84. The molecular formula is C13H23NO3. The fourth-order valence-electron chi connectivity index (χ4n) is 3.08. The van der Waals surface area contributed by atoms with E-state index in [4.69, 9.17) is 4.74 Å². The second-order valence-corrected chi connectivity index (χ2v) is 6.32. The third-order valence-electron chi connectivity index (χ3n) is 4.99. The van der Waals surface area contributed by atoms with Crippen LogP contribution in [0.1, 0.15) is 27.7 Å². The number of aliphatic hydroxyl groups is 1. The Hall–Kier alpha value is -0.610. The van der Waals surface area contributed by atoms with E-state index < -0.39 is 0 Å². The Morgan fingerprint density at radius 1 is 1.35 bits per heavy atom. The molecule has 0 radical (unpaired) electrons. The van der Waals surface area contributed by atoms with Gasteiger partial charge in [-0.05, 0) is 10.8 Å². The quantitative estimate of drug-likeness (QED) is 0.781. The molecule has 2 fully saturated rings. The Bertz CT molecular complexity index is 311. The van der Waals surface area contributed by atoms with E-state index in [-0.39, 0.29) is 35.3 Å². The third-order valence-corrected chi connectivity index (χ3v) is 4.99. The SMILES string of the molecule is CC1(C)C(C(=O)N2CCOCC2CO)C1(C)C. The maximum absolute atomic E-state index is 12.5. The Morgan fingerprint density at radius 3 is 2.41 bits per heavy atom. The van der Waals surface area contributed by atoms with Crippen molar-refractivity contribution in [2.75, 3.05) is 26.4 Å². The lowest BCUT2D eigenvalue weighted by molar-refractivity contribution is -0.144. The van der Waals surface area contributed by atoms with Gasteiger partial charge in [0.15, 0.2) is 0 Å². The fraction of sp³-hybridized carbons (Fsp3) is 0.923. The molecule has 0 aromatic carbocycles. The number of ether oxygens (including phenoxy) is 1. The van der Waals surface area contributed by atoms with Gasteiger partial charge in [-0.25, -0.2) is 0 Å². The first-order chi connectivity index (χ1) is 7.84. The first kappa shape index (κ1) is 12.8. The van der Waals surface area contributed by atoms with Gasteiger partial charge >= 0.3 is 0 Å². The number of morpholine rings is 1. The molecule has 2 aliphatic rings. The van der Waals surface area contributed by atoms with E-state index in [1.54, 1.807) is 0 Å². The molecule has 0 spiro atoms. The minimum Gasteiger partial charge on any atom is -0.394 e. The van der Waals surface area contributed by atoms with E-state index in [1.165, 1.54) is 0 Å². The van der Waals surface area contributed by atoms with Gasteiger partial charge in [-0.15, -0.1) is 0 Å². The predicted molar refractivity (Wildman–Crippen MR) is 64.5 cm³/mol. The molecule has 0 bridgehead atoms. The van der Waals surface area contributed by atoms with Crippen LogP contribution < -0.4 is 0 Å². The van der Waals surface area contributed by atoms with Crippen LogP contribution in [0.5, 0.6) is 0 Å². The summed E-state index contributed by atoms with van der Waals surface area (Å²) in [6.07, 6.45) is 0. The highest BCUT2D eigenvalue weighted by Gasteiger charge is 2.69. The maximum Gasteiger partial charge on any atom is 0.227 e. The van der Waals surface area contributed by atoms with Crippen LogP contribution in [-0.4, -0.2) is 48.3 Å². The average molecular weight is 241 g/mol. The summed E-state index contributed by atoms with van der Waals surface area (Å²) in [5, 5.41) is 9.30. The zero-order valence-corrected chi connectivity index (χ0v) is 11.2. The maximum atomic E-state index is 12.5. The van der Waals surface area contributed by atoms with E-state index >= 15 is 0 Å². The lowest BCUT2D eigenvalue weighted by Crippen LogP contribution is -2.51. The average Bonchev–Trinajstić information content (AvgIpc) is 2.68. The second kappa shape index (κ2) is 3.95. The second-order valence-electron chi connectivity index (χ2n) is 6.32. The molecule has 1 atom stereocenters. The van der Waals surface area contributed by atoms with Crippen LogP contribution in [0.2, 0.25) is 0 Å². The van der Waals surface area contributed by atoms with Crippen LogP contribution >= 0.6 is 0 Å². The molecule has 17 heavy (non-hydrogen) atoms. The van der Waals surface area contributed by atoms with Crippen LogP contribution in [0.25, 0.3) is 0 Å². The van der Waals surface area contributed by atoms with E-state index in [9.17, 15) is 9.90 Å². The van der Waals surface area contributed by atoms with Crippen molar-refractivity contribution in [1.29, 1.82) is 0 Å². The number of nitrogens with zero attached hydrogens (tertiary/aromatic N) is 1. The monoisotopic (exact) mass is 241 g/mol. The van der Waals surface area contributed by atoms with E-state index in [1.807, 2.05) is 4.90 Å². The molecule has 4 heteroatoms. The summed E-state index contributed by atoms with van der Waals surface area (Å²) >= 11 is 0. The summed E-state index contributed by atoms with van der Waals surface area (Å²) in [5.41, 5.74) is 0.116. The van der Waals surface area contributed by atoms with Gasteiger partial charge in [-0.1, -0.05) is 27.7 Å². The van der Waals surface area contributed by atoms with E-state index in [0.717, 1.165) is 0 Å². The summed E-state index contributed by atoms with van der Waals surface area (Å²) in [4.78, 5) is 14.3. The minimum atomic E-state index is -0.163. The van der Waals surface area contributed by atoms with Crippen LogP contribution in [0, 0.1) is 16.7 Å². The first-order valence-corrected chi connectivity index (χ1v) is 6.33. The smallest absolute Gasteiger partial charge is 0.227 e. The normalized spacial score (nSPS) is 31.4. The van der Waals surface area contributed by atoms with Crippen molar-refractivity contribution in [2.45, 2.75) is 33.7 Å². The molecular weight excluding hydrogens is 218 g/mol. The van der Waals surface area contributed by atoms with Gasteiger partial charge in [0.2, 0.25) is 5.91 Å². The first-order valence-electron chi connectivity index (χ1n) is 6.33. The van der Waals surface area contributed by atoms with Crippen LogP contribution in [0.3, 0.4) is 0 Å². The standard InChI is InChI=1S/C13H23NO3/c1-12(2)10(13(12,3)4)11(16)14-5-6-17-8-9(14)7-15/h9-10,15H,5-8H2,1-4H3. The Morgan fingerprint density at radius 2 is 1.94 bits per heavy atom. The van der Waals surface area contributed by atoms with Gasteiger partial charge in [-0.3, -0.25) is 4.79 Å². The lowest BCUT2D eigenvalue weighted by Gasteiger charge is -2.35. The number of amides is 1. The molecule has 1 amide bonds. The van der Waals surface area contributed by atoms with Crippen LogP contribution in [-0.2, 0) is 9.53 Å². The highest BCUT2D eigenvalue weighted by atomic mass is 16.5. The molecule has 2 rings (SSSR count). The molecule has 1 saturated carbocycles. The van der Waals surface area contributed by atoms with Crippen molar-refractivity contribution < 1.29 is 14.6 Å². The predicted octanol–water partition coefficient (Wildman–Crippen LogP) is 0.888. The van der Waals surface area contributed by atoms with Gasteiger partial charge < -0.3 is 14.7 Å². The molecule has 0 aromatic heterocycles. The molecule has 1 aliphatic heterocycles. The van der Waals surface area contributed by atoms with Crippen molar-refractivity contribution in [3.8, 4) is 0 Å². The number of carbonyl (C=O) groups is 1. The zero-order chi connectivity index (χ0) is 12.8. The summed E-state index contributed by atoms with van der Waals surface area (Å²) < 4.78 is 5.30. The summed E-state index contributed by atoms with van der Waals surface area (Å²) in [5.74, 6) is 0.254. The molecule has 98 valence electrons. The van der Waals surface area contributed by atoms with Crippen LogP contribution in [0.15, 0.2) is 0 Å². The summed E-state index contributed by atoms with van der Waals surface area (Å²) in [7, 11) is 0. The largest absolute Gasteiger partial charge is 0.394 e. The zero-order valence-electron chi connectivity index (χ0n) is 11.2. The van der Waals surface area contributed by atoms with Crippen molar-refractivity contribution in [1.82, 2.24) is 4.90 Å². The van der Waals surface area contributed by atoms with Gasteiger partial charge in [0.25, 0.3) is 0 Å². The molecule has 1 heterocycles. The van der Waals surface area contributed by atoms with Crippen molar-refractivity contribution in [2.24, 2.45) is 16.7 Å². The van der Waals surface area contributed by atoms with Crippen LogP contribution in [0.4, 0.5) is 0 Å². The molecule has 1 aliphatic carbocycles. The minimum absolute atomic E-state index is 0.0146. The Labute approximate surface area is 103 Å². The van der Waals surface area contributed by atoms with E-state index in [0.29, 0.717) is 19.8 Å². The number of carbonyl (C=O) groups excluding carboxylic acids is 1. The topological polar surface area (TPSA) is 49.8 Å². The van der Waals surface area contributed by atoms with Gasteiger partial charge in [0.1, 0.15) is 0 Å². The molecule has 1 saturated heterocycles. The summed E-state index contributed by atoms with van der Waals surface area (Å²) in [6.45, 7) is 10.2. The van der Waals surface area contributed by atoms with Crippen molar-refractivity contribution in [3.05, 3.63) is 0 Å². The molecule has 0 aromatic rings. The molecule has 1 unspecified atom stereocenters.